The number of fused-ring (bicyclic) bond motifs is 1. The lowest BCUT2D eigenvalue weighted by atomic mass is 9.97. The van der Waals surface area contributed by atoms with Gasteiger partial charge >= 0.3 is 0 Å². The Bertz CT molecular complexity index is 519. The lowest BCUT2D eigenvalue weighted by molar-refractivity contribution is 0.0934. The number of hydrogen-bond acceptors (Lipinski definition) is 2. The van der Waals surface area contributed by atoms with Crippen molar-refractivity contribution < 1.29 is 4.79 Å². The number of carbonyl (C=O) groups excluding carboxylic acids is 1. The molecule has 0 aromatic heterocycles. The minimum atomic E-state index is -0.110. The van der Waals surface area contributed by atoms with Crippen LogP contribution in [0.2, 0.25) is 0 Å². The minimum absolute atomic E-state index is 0.110. The summed E-state index contributed by atoms with van der Waals surface area (Å²) in [6.07, 6.45) is 0. The van der Waals surface area contributed by atoms with Crippen LogP contribution in [0.25, 0.3) is 10.8 Å². The number of carbonyl (C=O) groups is 1. The molecule has 0 amide bonds. The van der Waals surface area contributed by atoms with E-state index >= 15 is 0 Å². The molecular formula is C14H15NO. The van der Waals surface area contributed by atoms with Crippen LogP contribution in [0.4, 0.5) is 0 Å². The molecule has 0 spiro atoms. The molecule has 0 aliphatic heterocycles. The molecule has 2 rings (SSSR count). The first-order chi connectivity index (χ1) is 7.72. The topological polar surface area (TPSA) is 43.1 Å². The number of hydrogen-bond donors (Lipinski definition) is 1. The second-order valence-corrected chi connectivity index (χ2v) is 4.06. The van der Waals surface area contributed by atoms with Crippen molar-refractivity contribution in [3.05, 3.63) is 48.0 Å². The van der Waals surface area contributed by atoms with Crippen LogP contribution in [0.15, 0.2) is 42.5 Å². The van der Waals surface area contributed by atoms with Crippen LogP contribution >= 0.6 is 0 Å². The molecule has 0 aliphatic rings. The van der Waals surface area contributed by atoms with Gasteiger partial charge in [-0.2, -0.15) is 0 Å². The zero-order valence-corrected chi connectivity index (χ0v) is 9.31. The summed E-state index contributed by atoms with van der Waals surface area (Å²) in [7, 11) is 0. The molecule has 0 aliphatic carbocycles. The summed E-state index contributed by atoms with van der Waals surface area (Å²) < 4.78 is 0. The third kappa shape index (κ3) is 1.97. The molecule has 0 heterocycles. The summed E-state index contributed by atoms with van der Waals surface area (Å²) in [5, 5.41) is 2.25. The van der Waals surface area contributed by atoms with Gasteiger partial charge in [-0.05, 0) is 16.8 Å². The largest absolute Gasteiger partial charge is 0.330 e. The highest BCUT2D eigenvalue weighted by atomic mass is 16.1. The highest BCUT2D eigenvalue weighted by Crippen LogP contribution is 2.17. The summed E-state index contributed by atoms with van der Waals surface area (Å²) in [6.45, 7) is 2.25. The van der Waals surface area contributed by atoms with Gasteiger partial charge in [-0.15, -0.1) is 0 Å². The fourth-order valence-electron chi connectivity index (χ4n) is 1.73. The SMILES string of the molecule is CC(CN)C(=O)c1ccc2ccccc2c1. The first-order valence-corrected chi connectivity index (χ1v) is 5.45. The van der Waals surface area contributed by atoms with E-state index in [1.54, 1.807) is 0 Å². The van der Waals surface area contributed by atoms with Gasteiger partial charge in [0, 0.05) is 18.0 Å². The highest BCUT2D eigenvalue weighted by Gasteiger charge is 2.13. The van der Waals surface area contributed by atoms with E-state index in [9.17, 15) is 4.79 Å². The fraction of sp³-hybridized carbons (Fsp3) is 0.214. The zero-order chi connectivity index (χ0) is 11.5. The molecule has 0 saturated carbocycles. The van der Waals surface area contributed by atoms with Crippen LogP contribution in [0, 0.1) is 5.92 Å². The van der Waals surface area contributed by atoms with Crippen molar-refractivity contribution in [3.63, 3.8) is 0 Å². The maximum absolute atomic E-state index is 11.9. The zero-order valence-electron chi connectivity index (χ0n) is 9.31. The number of rotatable bonds is 3. The maximum atomic E-state index is 11.9. The van der Waals surface area contributed by atoms with Crippen LogP contribution in [0.1, 0.15) is 17.3 Å². The lowest BCUT2D eigenvalue weighted by Crippen LogP contribution is -2.20. The number of benzene rings is 2. The van der Waals surface area contributed by atoms with Crippen molar-refractivity contribution in [2.75, 3.05) is 6.54 Å². The van der Waals surface area contributed by atoms with Crippen molar-refractivity contribution in [1.82, 2.24) is 0 Å². The Morgan fingerprint density at radius 3 is 2.56 bits per heavy atom. The number of nitrogens with two attached hydrogens (primary N) is 1. The molecule has 0 saturated heterocycles. The molecule has 2 aromatic rings. The Labute approximate surface area is 95.1 Å². The quantitative estimate of drug-likeness (QED) is 0.796. The van der Waals surface area contributed by atoms with Crippen LogP contribution in [-0.2, 0) is 0 Å². The highest BCUT2D eigenvalue weighted by molar-refractivity contribution is 6.01. The average molecular weight is 213 g/mol. The standard InChI is InChI=1S/C14H15NO/c1-10(9-15)14(16)13-7-6-11-4-2-3-5-12(11)8-13/h2-8,10H,9,15H2,1H3. The molecule has 16 heavy (non-hydrogen) atoms. The lowest BCUT2D eigenvalue weighted by Gasteiger charge is -2.08. The Hall–Kier alpha value is -1.67. The third-order valence-corrected chi connectivity index (χ3v) is 2.84. The van der Waals surface area contributed by atoms with Crippen LogP contribution in [-0.4, -0.2) is 12.3 Å². The van der Waals surface area contributed by atoms with Gasteiger partial charge in [0.2, 0.25) is 0 Å². The summed E-state index contributed by atoms with van der Waals surface area (Å²) >= 11 is 0. The van der Waals surface area contributed by atoms with Crippen molar-refractivity contribution in [3.8, 4) is 0 Å². The molecule has 0 fully saturated rings. The monoisotopic (exact) mass is 213 g/mol. The van der Waals surface area contributed by atoms with Gasteiger partial charge in [0.25, 0.3) is 0 Å². The molecule has 1 atom stereocenters. The van der Waals surface area contributed by atoms with E-state index < -0.39 is 0 Å². The van der Waals surface area contributed by atoms with Gasteiger partial charge in [0.1, 0.15) is 0 Å². The molecule has 0 radical (unpaired) electrons. The summed E-state index contributed by atoms with van der Waals surface area (Å²) in [5.74, 6) is 0.00872. The predicted molar refractivity (Wildman–Crippen MR) is 66.5 cm³/mol. The smallest absolute Gasteiger partial charge is 0.166 e. The third-order valence-electron chi connectivity index (χ3n) is 2.84. The van der Waals surface area contributed by atoms with Gasteiger partial charge in [0.05, 0.1) is 0 Å². The van der Waals surface area contributed by atoms with Crippen molar-refractivity contribution in [1.29, 1.82) is 0 Å². The normalized spacial score (nSPS) is 12.6. The molecule has 2 aromatic carbocycles. The van der Waals surface area contributed by atoms with Gasteiger partial charge in [-0.1, -0.05) is 43.3 Å². The van der Waals surface area contributed by atoms with Crippen molar-refractivity contribution in [2.24, 2.45) is 11.7 Å². The van der Waals surface area contributed by atoms with Crippen molar-refractivity contribution in [2.45, 2.75) is 6.92 Å². The average Bonchev–Trinajstić information content (AvgIpc) is 2.36. The first-order valence-electron chi connectivity index (χ1n) is 5.45. The maximum Gasteiger partial charge on any atom is 0.166 e. The Kier molecular flexibility index (Phi) is 3.02. The Morgan fingerprint density at radius 2 is 1.88 bits per heavy atom. The van der Waals surface area contributed by atoms with Crippen LogP contribution in [0.3, 0.4) is 0 Å². The number of Topliss-reactive ketones (excluding diaryl/α,β-unsaturated/α-hetero) is 1. The Morgan fingerprint density at radius 1 is 1.19 bits per heavy atom. The van der Waals surface area contributed by atoms with Crippen LogP contribution in [0.5, 0.6) is 0 Å². The fourth-order valence-corrected chi connectivity index (χ4v) is 1.73. The first kappa shape index (κ1) is 10.8. The molecule has 2 nitrogen and oxygen atoms in total. The van der Waals surface area contributed by atoms with Gasteiger partial charge in [-0.3, -0.25) is 4.79 Å². The van der Waals surface area contributed by atoms with E-state index in [4.69, 9.17) is 5.73 Å². The molecular weight excluding hydrogens is 198 g/mol. The second-order valence-electron chi connectivity index (χ2n) is 4.06. The van der Waals surface area contributed by atoms with Crippen molar-refractivity contribution >= 4 is 16.6 Å². The van der Waals surface area contributed by atoms with Gasteiger partial charge < -0.3 is 5.73 Å². The van der Waals surface area contributed by atoms with E-state index in [2.05, 4.69) is 0 Å². The van der Waals surface area contributed by atoms with E-state index in [1.807, 2.05) is 49.4 Å². The predicted octanol–water partition coefficient (Wildman–Crippen LogP) is 2.62. The van der Waals surface area contributed by atoms with E-state index in [0.717, 1.165) is 16.3 Å². The summed E-state index contributed by atoms with van der Waals surface area (Å²) in [6, 6.07) is 13.8. The van der Waals surface area contributed by atoms with E-state index in [1.165, 1.54) is 0 Å². The summed E-state index contributed by atoms with van der Waals surface area (Å²) in [5.41, 5.74) is 6.25. The number of ketones is 1. The second kappa shape index (κ2) is 4.45. The minimum Gasteiger partial charge on any atom is -0.330 e. The molecule has 0 bridgehead atoms. The van der Waals surface area contributed by atoms with Crippen LogP contribution < -0.4 is 5.73 Å². The van der Waals surface area contributed by atoms with E-state index in [0.29, 0.717) is 6.54 Å². The molecule has 82 valence electrons. The molecule has 2 heteroatoms. The molecule has 2 N–H and O–H groups in total. The van der Waals surface area contributed by atoms with Gasteiger partial charge in [-0.25, -0.2) is 0 Å². The van der Waals surface area contributed by atoms with Gasteiger partial charge in [0.15, 0.2) is 5.78 Å². The van der Waals surface area contributed by atoms with E-state index in [-0.39, 0.29) is 11.7 Å². The summed E-state index contributed by atoms with van der Waals surface area (Å²) in [4.78, 5) is 11.9. The Balaban J connectivity index is 2.43. The molecule has 1 unspecified atom stereocenters.